The zero-order valence-corrected chi connectivity index (χ0v) is 11.9. The normalized spacial score (nSPS) is 7.94. The van der Waals surface area contributed by atoms with Crippen LogP contribution in [0.5, 0.6) is 0 Å². The van der Waals surface area contributed by atoms with Crippen LogP contribution in [0.15, 0.2) is 0 Å². The van der Waals surface area contributed by atoms with Gasteiger partial charge in [0.1, 0.15) is 6.29 Å². The number of carbonyl (C=O) groups excluding carboxylic acids is 1. The average Bonchev–Trinajstić information content (AvgIpc) is 2.21. The van der Waals surface area contributed by atoms with Gasteiger partial charge in [-0.2, -0.15) is 0 Å². The summed E-state index contributed by atoms with van der Waals surface area (Å²) < 4.78 is 0. The van der Waals surface area contributed by atoms with Gasteiger partial charge in [0.15, 0.2) is 0 Å². The zero-order valence-electron chi connectivity index (χ0n) is 11.9. The fourth-order valence-electron chi connectivity index (χ4n) is 0.478. The zero-order chi connectivity index (χ0) is 12.5. The lowest BCUT2D eigenvalue weighted by Crippen LogP contribution is -2.05. The highest BCUT2D eigenvalue weighted by atomic mass is 16.1. The van der Waals surface area contributed by atoms with E-state index < -0.39 is 0 Å². The predicted molar refractivity (Wildman–Crippen MR) is 75.8 cm³/mol. The Bertz CT molecular complexity index is 101. The highest BCUT2D eigenvalue weighted by Gasteiger charge is 1.80. The lowest BCUT2D eigenvalue weighted by molar-refractivity contribution is -0.107. The summed E-state index contributed by atoms with van der Waals surface area (Å²) >= 11 is 0. The topological polar surface area (TPSA) is 74.6 Å². The standard InChI is InChI=1S/C6H12O.C4H11N.C3H8.H2O.H2/c1-2-3-4-5-6-7;1-4(2)3-5;1-3-2;;/h6H,2-5H2,1H3;4H,3,5H2,1-2H3;3H2,1-2H3;1H2;1H. The summed E-state index contributed by atoms with van der Waals surface area (Å²) in [4.78, 5) is 9.68. The molecule has 0 amide bonds. The first-order valence-electron chi connectivity index (χ1n) is 6.24. The summed E-state index contributed by atoms with van der Waals surface area (Å²) in [5.41, 5.74) is 5.17. The SMILES string of the molecule is CC(C)CN.CCC.CCCCCC=O.O.[HH]. The van der Waals surface area contributed by atoms with Crippen molar-refractivity contribution in [2.45, 2.75) is 66.7 Å². The molecular formula is C13H35NO2. The minimum atomic E-state index is 0. The fraction of sp³-hybridized carbons (Fsp3) is 0.923. The van der Waals surface area contributed by atoms with Crippen LogP contribution in [0.4, 0.5) is 0 Å². The van der Waals surface area contributed by atoms with E-state index >= 15 is 0 Å². The molecule has 4 N–H and O–H groups in total. The van der Waals surface area contributed by atoms with Gasteiger partial charge in [-0.1, -0.05) is 53.9 Å². The molecule has 0 spiro atoms. The number of hydrogen-bond donors (Lipinski definition) is 1. The van der Waals surface area contributed by atoms with Crippen molar-refractivity contribution in [3.8, 4) is 0 Å². The summed E-state index contributed by atoms with van der Waals surface area (Å²) in [5, 5.41) is 0. The van der Waals surface area contributed by atoms with Crippen molar-refractivity contribution in [2.75, 3.05) is 6.54 Å². The van der Waals surface area contributed by atoms with Gasteiger partial charge in [-0.15, -0.1) is 0 Å². The minimum Gasteiger partial charge on any atom is -0.412 e. The molecule has 0 radical (unpaired) electrons. The lowest BCUT2D eigenvalue weighted by atomic mass is 10.2. The van der Waals surface area contributed by atoms with Gasteiger partial charge in [-0.05, 0) is 18.9 Å². The predicted octanol–water partition coefficient (Wildman–Crippen LogP) is 3.20. The average molecular weight is 237 g/mol. The molecule has 3 heteroatoms. The summed E-state index contributed by atoms with van der Waals surface area (Å²) in [6.45, 7) is 11.4. The molecule has 3 nitrogen and oxygen atoms in total. The van der Waals surface area contributed by atoms with Crippen LogP contribution in [-0.4, -0.2) is 18.3 Å². The first-order valence-corrected chi connectivity index (χ1v) is 6.24. The van der Waals surface area contributed by atoms with E-state index in [0.717, 1.165) is 25.7 Å². The van der Waals surface area contributed by atoms with Crippen molar-refractivity contribution in [3.05, 3.63) is 0 Å². The van der Waals surface area contributed by atoms with Gasteiger partial charge in [-0.3, -0.25) is 0 Å². The van der Waals surface area contributed by atoms with Crippen LogP contribution in [0.3, 0.4) is 0 Å². The van der Waals surface area contributed by atoms with Crippen LogP contribution in [-0.2, 0) is 4.79 Å². The molecule has 0 atom stereocenters. The van der Waals surface area contributed by atoms with Gasteiger partial charge in [0, 0.05) is 7.85 Å². The first-order chi connectivity index (χ1) is 7.10. The number of rotatable bonds is 5. The molecule has 104 valence electrons. The van der Waals surface area contributed by atoms with Gasteiger partial charge in [-0.25, -0.2) is 0 Å². The molecule has 0 aromatic carbocycles. The maximum Gasteiger partial charge on any atom is 0.119 e. The van der Waals surface area contributed by atoms with Gasteiger partial charge in [0.2, 0.25) is 0 Å². The van der Waals surface area contributed by atoms with Crippen LogP contribution in [0.25, 0.3) is 0 Å². The molecule has 0 saturated heterocycles. The second-order valence-electron chi connectivity index (χ2n) is 4.00. The first kappa shape index (κ1) is 24.7. The van der Waals surface area contributed by atoms with Gasteiger partial charge < -0.3 is 16.0 Å². The largest absolute Gasteiger partial charge is 0.412 e. The Morgan fingerprint density at radius 2 is 1.56 bits per heavy atom. The van der Waals surface area contributed by atoms with Crippen LogP contribution < -0.4 is 5.73 Å². The molecule has 16 heavy (non-hydrogen) atoms. The number of unbranched alkanes of at least 4 members (excludes halogenated alkanes) is 3. The molecule has 0 saturated carbocycles. The third-order valence-corrected chi connectivity index (χ3v) is 1.40. The summed E-state index contributed by atoms with van der Waals surface area (Å²) in [6.07, 6.45) is 6.44. The number of carbonyl (C=O) groups is 1. The number of hydrogen-bond acceptors (Lipinski definition) is 2. The van der Waals surface area contributed by atoms with Crippen LogP contribution in [0.2, 0.25) is 0 Å². The second-order valence-corrected chi connectivity index (χ2v) is 4.00. The summed E-state index contributed by atoms with van der Waals surface area (Å²) in [5.74, 6) is 0.662. The molecule has 0 heterocycles. The van der Waals surface area contributed by atoms with Crippen molar-refractivity contribution >= 4 is 6.29 Å². The maximum atomic E-state index is 9.68. The third kappa shape index (κ3) is 68.9. The third-order valence-electron chi connectivity index (χ3n) is 1.40. The van der Waals surface area contributed by atoms with Crippen molar-refractivity contribution in [2.24, 2.45) is 11.7 Å². The Morgan fingerprint density at radius 3 is 1.75 bits per heavy atom. The maximum absolute atomic E-state index is 9.68. The summed E-state index contributed by atoms with van der Waals surface area (Å²) in [7, 11) is 0. The molecular weight excluding hydrogens is 202 g/mol. The van der Waals surface area contributed by atoms with Crippen molar-refractivity contribution in [3.63, 3.8) is 0 Å². The molecule has 0 aromatic heterocycles. The van der Waals surface area contributed by atoms with Crippen molar-refractivity contribution < 1.29 is 11.7 Å². The Morgan fingerprint density at radius 1 is 1.19 bits per heavy atom. The van der Waals surface area contributed by atoms with E-state index in [0.29, 0.717) is 5.92 Å². The molecule has 0 aliphatic heterocycles. The Kier molecular flexibility index (Phi) is 45.2. The van der Waals surface area contributed by atoms with Gasteiger partial charge in [0.25, 0.3) is 0 Å². The highest BCUT2D eigenvalue weighted by Crippen LogP contribution is 1.94. The minimum absolute atomic E-state index is 0. The van der Waals surface area contributed by atoms with Crippen LogP contribution >= 0.6 is 0 Å². The van der Waals surface area contributed by atoms with Crippen LogP contribution in [0, 0.1) is 5.92 Å². The summed E-state index contributed by atoms with van der Waals surface area (Å²) in [6, 6.07) is 0. The van der Waals surface area contributed by atoms with E-state index in [2.05, 4.69) is 34.6 Å². The van der Waals surface area contributed by atoms with Gasteiger partial charge >= 0.3 is 0 Å². The quantitative estimate of drug-likeness (QED) is 0.589. The van der Waals surface area contributed by atoms with Crippen LogP contribution in [0.1, 0.15) is 68.1 Å². The molecule has 0 aliphatic rings. The number of nitrogens with two attached hydrogens (primary N) is 1. The van der Waals surface area contributed by atoms with E-state index in [1.54, 1.807) is 0 Å². The van der Waals surface area contributed by atoms with E-state index in [1.807, 2.05) is 0 Å². The monoisotopic (exact) mass is 237 g/mol. The van der Waals surface area contributed by atoms with Gasteiger partial charge in [0.05, 0.1) is 0 Å². The number of aldehydes is 1. The fourth-order valence-corrected chi connectivity index (χ4v) is 0.478. The molecule has 0 unspecified atom stereocenters. The van der Waals surface area contributed by atoms with E-state index in [4.69, 9.17) is 5.73 Å². The smallest absolute Gasteiger partial charge is 0.119 e. The Hall–Kier alpha value is -0.410. The highest BCUT2D eigenvalue weighted by molar-refractivity contribution is 5.48. The van der Waals surface area contributed by atoms with Crippen molar-refractivity contribution in [1.82, 2.24) is 0 Å². The van der Waals surface area contributed by atoms with E-state index in [1.165, 1.54) is 19.3 Å². The molecule has 0 rings (SSSR count). The lowest BCUT2D eigenvalue weighted by Gasteiger charge is -1.91. The van der Waals surface area contributed by atoms with E-state index in [9.17, 15) is 4.79 Å². The molecule has 0 bridgehead atoms. The molecule has 0 aliphatic carbocycles. The van der Waals surface area contributed by atoms with E-state index in [-0.39, 0.29) is 6.90 Å². The molecule has 0 aromatic rings. The Balaban J connectivity index is -0.0000000430. The second kappa shape index (κ2) is 29.3. The van der Waals surface area contributed by atoms with Crippen molar-refractivity contribution in [1.29, 1.82) is 0 Å². The molecule has 0 fully saturated rings. The Labute approximate surface area is 104 Å².